The Labute approximate surface area is 154 Å². The van der Waals surface area contributed by atoms with E-state index in [1.54, 1.807) is 23.0 Å². The summed E-state index contributed by atoms with van der Waals surface area (Å²) >= 11 is 6.06. The number of nitrogens with zero attached hydrogens (tertiary/aromatic N) is 4. The molecule has 0 saturated heterocycles. The summed E-state index contributed by atoms with van der Waals surface area (Å²) in [6, 6.07) is 16.8. The molecule has 0 unspecified atom stereocenters. The molecule has 0 atom stereocenters. The third-order valence-corrected chi connectivity index (χ3v) is 4.29. The summed E-state index contributed by atoms with van der Waals surface area (Å²) in [5, 5.41) is 5.31. The van der Waals surface area contributed by atoms with Crippen LogP contribution in [-0.2, 0) is 6.54 Å². The smallest absolute Gasteiger partial charge is 0.264 e. The highest BCUT2D eigenvalue weighted by Crippen LogP contribution is 2.22. The average Bonchev–Trinajstić information content (AvgIpc) is 3.11. The topological polar surface area (TPSA) is 61.9 Å². The van der Waals surface area contributed by atoms with Crippen molar-refractivity contribution in [2.24, 2.45) is 0 Å². The summed E-state index contributed by atoms with van der Waals surface area (Å²) in [5.74, 6) is 0.591. The van der Waals surface area contributed by atoms with Gasteiger partial charge in [-0.25, -0.2) is 9.67 Å². The third kappa shape index (κ3) is 3.07. The maximum Gasteiger partial charge on any atom is 0.264 e. The van der Waals surface area contributed by atoms with E-state index < -0.39 is 0 Å². The van der Waals surface area contributed by atoms with E-state index in [9.17, 15) is 4.79 Å². The van der Waals surface area contributed by atoms with E-state index in [0.717, 1.165) is 5.69 Å². The van der Waals surface area contributed by atoms with Crippen LogP contribution in [0.4, 0.5) is 0 Å². The molecule has 0 radical (unpaired) electrons. The SMILES string of the molecule is O=c1c2cnn(-c3ccccc3)c2ncn1CCOc1ccccc1Cl. The Bertz CT molecular complexity index is 1110. The standard InChI is InChI=1S/C19H15ClN4O2/c20-16-8-4-5-9-17(16)26-11-10-23-13-21-18-15(19(23)25)12-22-24(18)14-6-2-1-3-7-14/h1-9,12-13H,10-11H2. The van der Waals surface area contributed by atoms with Crippen LogP contribution in [0.25, 0.3) is 16.7 Å². The maximum absolute atomic E-state index is 12.7. The van der Waals surface area contributed by atoms with E-state index >= 15 is 0 Å². The molecule has 130 valence electrons. The summed E-state index contributed by atoms with van der Waals surface area (Å²) in [6.07, 6.45) is 3.06. The second kappa shape index (κ2) is 7.01. The minimum atomic E-state index is -0.153. The van der Waals surface area contributed by atoms with Crippen molar-refractivity contribution in [1.29, 1.82) is 0 Å². The Kier molecular flexibility index (Phi) is 4.41. The van der Waals surface area contributed by atoms with Crippen LogP contribution in [0.15, 0.2) is 71.9 Å². The van der Waals surface area contributed by atoms with Gasteiger partial charge in [0.15, 0.2) is 5.65 Å². The number of ether oxygens (including phenoxy) is 1. The van der Waals surface area contributed by atoms with E-state index in [1.165, 1.54) is 10.9 Å². The first-order chi connectivity index (χ1) is 12.7. The highest BCUT2D eigenvalue weighted by atomic mass is 35.5. The number of fused-ring (bicyclic) bond motifs is 1. The van der Waals surface area contributed by atoms with Crippen molar-refractivity contribution in [3.05, 3.63) is 82.5 Å². The summed E-state index contributed by atoms with van der Waals surface area (Å²) in [4.78, 5) is 17.1. The van der Waals surface area contributed by atoms with Crippen LogP contribution in [0.1, 0.15) is 0 Å². The van der Waals surface area contributed by atoms with Gasteiger partial charge in [0.2, 0.25) is 0 Å². The Hall–Kier alpha value is -3.12. The van der Waals surface area contributed by atoms with Crippen molar-refractivity contribution in [2.45, 2.75) is 6.54 Å². The fourth-order valence-electron chi connectivity index (χ4n) is 2.68. The van der Waals surface area contributed by atoms with E-state index in [4.69, 9.17) is 16.3 Å². The molecule has 0 aliphatic carbocycles. The molecule has 0 amide bonds. The van der Waals surface area contributed by atoms with E-state index in [-0.39, 0.29) is 5.56 Å². The highest BCUT2D eigenvalue weighted by Gasteiger charge is 2.11. The quantitative estimate of drug-likeness (QED) is 0.543. The molecule has 0 spiro atoms. The zero-order chi connectivity index (χ0) is 17.9. The van der Waals surface area contributed by atoms with Crippen LogP contribution >= 0.6 is 11.6 Å². The number of aromatic nitrogens is 4. The molecule has 7 heteroatoms. The zero-order valence-corrected chi connectivity index (χ0v) is 14.5. The number of halogens is 1. The molecule has 0 aliphatic heterocycles. The van der Waals surface area contributed by atoms with Gasteiger partial charge in [-0.2, -0.15) is 5.10 Å². The predicted molar refractivity (Wildman–Crippen MR) is 100 cm³/mol. The average molecular weight is 367 g/mol. The summed E-state index contributed by atoms with van der Waals surface area (Å²) < 4.78 is 8.81. The van der Waals surface area contributed by atoms with Gasteiger partial charge in [-0.15, -0.1) is 0 Å². The van der Waals surface area contributed by atoms with E-state index in [2.05, 4.69) is 10.1 Å². The number of hydrogen-bond acceptors (Lipinski definition) is 4. The largest absolute Gasteiger partial charge is 0.490 e. The second-order valence-electron chi connectivity index (χ2n) is 5.65. The van der Waals surface area contributed by atoms with Crippen molar-refractivity contribution >= 4 is 22.6 Å². The molecule has 6 nitrogen and oxygen atoms in total. The van der Waals surface area contributed by atoms with Gasteiger partial charge in [0.25, 0.3) is 5.56 Å². The lowest BCUT2D eigenvalue weighted by Crippen LogP contribution is -2.23. The number of hydrogen-bond donors (Lipinski definition) is 0. The summed E-state index contributed by atoms with van der Waals surface area (Å²) in [5.41, 5.74) is 1.23. The van der Waals surface area contributed by atoms with Crippen molar-refractivity contribution in [2.75, 3.05) is 6.61 Å². The lowest BCUT2D eigenvalue weighted by Gasteiger charge is -2.09. The van der Waals surface area contributed by atoms with E-state index in [1.807, 2.05) is 42.5 Å². The number of para-hydroxylation sites is 2. The molecule has 2 aromatic heterocycles. The Morgan fingerprint density at radius 2 is 1.81 bits per heavy atom. The number of benzene rings is 2. The lowest BCUT2D eigenvalue weighted by atomic mass is 10.3. The second-order valence-corrected chi connectivity index (χ2v) is 6.06. The molecule has 26 heavy (non-hydrogen) atoms. The van der Waals surface area contributed by atoms with Gasteiger partial charge in [-0.1, -0.05) is 41.9 Å². The lowest BCUT2D eigenvalue weighted by molar-refractivity contribution is 0.296. The van der Waals surface area contributed by atoms with Crippen molar-refractivity contribution < 1.29 is 4.74 Å². The van der Waals surface area contributed by atoms with Gasteiger partial charge in [0, 0.05) is 0 Å². The van der Waals surface area contributed by atoms with Crippen LogP contribution in [-0.4, -0.2) is 25.9 Å². The van der Waals surface area contributed by atoms with Crippen molar-refractivity contribution in [1.82, 2.24) is 19.3 Å². The normalized spacial score (nSPS) is 11.0. The highest BCUT2D eigenvalue weighted by molar-refractivity contribution is 6.32. The van der Waals surface area contributed by atoms with Crippen LogP contribution in [0.5, 0.6) is 5.75 Å². The molecule has 2 aromatic carbocycles. The van der Waals surface area contributed by atoms with Gasteiger partial charge in [-0.3, -0.25) is 9.36 Å². The monoisotopic (exact) mass is 366 g/mol. The molecule has 0 fully saturated rings. The van der Waals surface area contributed by atoms with Crippen LogP contribution < -0.4 is 10.3 Å². The summed E-state index contributed by atoms with van der Waals surface area (Å²) in [6.45, 7) is 0.674. The fourth-order valence-corrected chi connectivity index (χ4v) is 2.87. The molecular formula is C19H15ClN4O2. The van der Waals surface area contributed by atoms with Crippen LogP contribution in [0.3, 0.4) is 0 Å². The Morgan fingerprint density at radius 1 is 1.04 bits per heavy atom. The number of rotatable bonds is 5. The van der Waals surface area contributed by atoms with Gasteiger partial charge >= 0.3 is 0 Å². The summed E-state index contributed by atoms with van der Waals surface area (Å²) in [7, 11) is 0. The third-order valence-electron chi connectivity index (χ3n) is 3.98. The molecule has 0 N–H and O–H groups in total. The Balaban J connectivity index is 1.57. The van der Waals surface area contributed by atoms with Crippen molar-refractivity contribution in [3.63, 3.8) is 0 Å². The van der Waals surface area contributed by atoms with Gasteiger partial charge in [0.1, 0.15) is 24.1 Å². The van der Waals surface area contributed by atoms with Crippen LogP contribution in [0.2, 0.25) is 5.02 Å². The van der Waals surface area contributed by atoms with Crippen molar-refractivity contribution in [3.8, 4) is 11.4 Å². The maximum atomic E-state index is 12.7. The molecular weight excluding hydrogens is 352 g/mol. The first-order valence-corrected chi connectivity index (χ1v) is 8.48. The Morgan fingerprint density at radius 3 is 2.62 bits per heavy atom. The van der Waals surface area contributed by atoms with Gasteiger partial charge < -0.3 is 4.74 Å². The van der Waals surface area contributed by atoms with E-state index in [0.29, 0.717) is 35.0 Å². The minimum Gasteiger partial charge on any atom is -0.490 e. The predicted octanol–water partition coefficient (Wildman–Crippen LogP) is 3.31. The van der Waals surface area contributed by atoms with Gasteiger partial charge in [0.05, 0.1) is 23.5 Å². The molecule has 2 heterocycles. The molecule has 4 rings (SSSR count). The first kappa shape index (κ1) is 16.4. The molecule has 4 aromatic rings. The molecule has 0 bridgehead atoms. The molecule has 0 aliphatic rings. The fraction of sp³-hybridized carbons (Fsp3) is 0.105. The van der Waals surface area contributed by atoms with Gasteiger partial charge in [-0.05, 0) is 24.3 Å². The zero-order valence-electron chi connectivity index (χ0n) is 13.7. The molecule has 0 saturated carbocycles. The first-order valence-electron chi connectivity index (χ1n) is 8.10. The minimum absolute atomic E-state index is 0.153. The van der Waals surface area contributed by atoms with Crippen LogP contribution in [0, 0.1) is 0 Å².